The Labute approximate surface area is 313 Å². The van der Waals surface area contributed by atoms with Gasteiger partial charge in [-0.15, -0.1) is 0 Å². The fourth-order valence-corrected chi connectivity index (χ4v) is 7.33. The molecule has 0 aliphatic carbocycles. The van der Waals surface area contributed by atoms with Crippen LogP contribution in [0.25, 0.3) is 67.2 Å². The third-order valence-corrected chi connectivity index (χ3v) is 9.92. The molecule has 5 heteroatoms. The third-order valence-electron chi connectivity index (χ3n) is 9.92. The summed E-state index contributed by atoms with van der Waals surface area (Å²) < 4.78 is 6.76. The van der Waals surface area contributed by atoms with Crippen LogP contribution in [-0.2, 0) is 0 Å². The first-order chi connectivity index (χ1) is 26.8. The molecule has 1 aliphatic heterocycles. The summed E-state index contributed by atoms with van der Waals surface area (Å²) in [5.74, 6) is 3.41. The molecule has 0 amide bonds. The van der Waals surface area contributed by atoms with Crippen molar-refractivity contribution in [1.82, 2.24) is 15.0 Å². The van der Waals surface area contributed by atoms with Crippen molar-refractivity contribution >= 4 is 27.8 Å². The molecule has 9 aromatic rings. The zero-order valence-electron chi connectivity index (χ0n) is 29.2. The van der Waals surface area contributed by atoms with E-state index in [4.69, 9.17) is 19.7 Å². The Hall–Kier alpha value is -7.37. The lowest BCUT2D eigenvalue weighted by Gasteiger charge is -2.29. The van der Waals surface area contributed by atoms with Gasteiger partial charge in [0.15, 0.2) is 17.5 Å². The first-order valence-electron chi connectivity index (χ1n) is 18.0. The molecule has 0 N–H and O–H groups in total. The SMILES string of the molecule is c1ccc(-c2ccc(N(c3ccccc3)c3ccc4c5c(cccc35)-c3ccc(-c5nc(-c6ccccc6)nc(-c6ccccc6)n5)cc3O4)cc2)cc1. The maximum Gasteiger partial charge on any atom is 0.164 e. The van der Waals surface area contributed by atoms with Crippen LogP contribution in [0.4, 0.5) is 17.1 Å². The minimum Gasteiger partial charge on any atom is -0.456 e. The van der Waals surface area contributed by atoms with Crippen LogP contribution in [0, 0.1) is 0 Å². The molecule has 0 spiro atoms. The number of hydrogen-bond donors (Lipinski definition) is 0. The van der Waals surface area contributed by atoms with Gasteiger partial charge in [-0.2, -0.15) is 0 Å². The maximum absolute atomic E-state index is 6.76. The standard InChI is InChI=1S/C49H32N4O/c1-5-14-33(15-6-1)34-24-27-39(28-25-34)53(38-20-11-4-12-21-38)43-30-31-44-46-41(22-13-23-42(43)46)40-29-26-37(32-45(40)54-44)49-51-47(35-16-7-2-8-17-35)50-48(52-49)36-18-9-3-10-19-36/h1-32H. The molecule has 0 unspecified atom stereocenters. The van der Waals surface area contributed by atoms with Crippen molar-refractivity contribution in [2.24, 2.45) is 0 Å². The van der Waals surface area contributed by atoms with Crippen molar-refractivity contribution in [1.29, 1.82) is 0 Å². The van der Waals surface area contributed by atoms with Gasteiger partial charge in [0.2, 0.25) is 0 Å². The number of para-hydroxylation sites is 1. The number of benzene rings is 8. The summed E-state index contributed by atoms with van der Waals surface area (Å²) in [7, 11) is 0. The topological polar surface area (TPSA) is 51.1 Å². The van der Waals surface area contributed by atoms with E-state index < -0.39 is 0 Å². The summed E-state index contributed by atoms with van der Waals surface area (Å²) in [6, 6.07) is 66.9. The number of anilines is 3. The average Bonchev–Trinajstić information content (AvgIpc) is 3.26. The highest BCUT2D eigenvalue weighted by molar-refractivity contribution is 6.11. The molecule has 5 nitrogen and oxygen atoms in total. The van der Waals surface area contributed by atoms with Crippen LogP contribution in [-0.4, -0.2) is 15.0 Å². The van der Waals surface area contributed by atoms with Gasteiger partial charge in [-0.3, -0.25) is 0 Å². The van der Waals surface area contributed by atoms with Crippen LogP contribution in [0.15, 0.2) is 194 Å². The van der Waals surface area contributed by atoms with Crippen LogP contribution in [0.3, 0.4) is 0 Å². The zero-order valence-corrected chi connectivity index (χ0v) is 29.2. The zero-order chi connectivity index (χ0) is 35.8. The highest BCUT2D eigenvalue weighted by Gasteiger charge is 2.25. The molecule has 2 heterocycles. The van der Waals surface area contributed by atoms with Gasteiger partial charge in [0.1, 0.15) is 11.5 Å². The Bertz CT molecular complexity index is 2710. The number of rotatable bonds is 7. The summed E-state index contributed by atoms with van der Waals surface area (Å²) >= 11 is 0. The van der Waals surface area contributed by atoms with Gasteiger partial charge in [-0.05, 0) is 65.2 Å². The van der Waals surface area contributed by atoms with Gasteiger partial charge >= 0.3 is 0 Å². The van der Waals surface area contributed by atoms with Crippen molar-refractivity contribution in [3.63, 3.8) is 0 Å². The highest BCUT2D eigenvalue weighted by atomic mass is 16.5. The molecular formula is C49H32N4O. The molecule has 0 saturated carbocycles. The van der Waals surface area contributed by atoms with Crippen molar-refractivity contribution < 1.29 is 4.74 Å². The van der Waals surface area contributed by atoms with E-state index in [2.05, 4.69) is 132 Å². The predicted octanol–water partition coefficient (Wildman–Crippen LogP) is 12.9. The van der Waals surface area contributed by atoms with E-state index in [1.165, 1.54) is 11.1 Å². The Balaban J connectivity index is 1.08. The quantitative estimate of drug-likeness (QED) is 0.166. The number of hydrogen-bond acceptors (Lipinski definition) is 5. The average molecular weight is 693 g/mol. The Morgan fingerprint density at radius 1 is 0.352 bits per heavy atom. The first-order valence-corrected chi connectivity index (χ1v) is 18.0. The Morgan fingerprint density at radius 3 is 1.50 bits per heavy atom. The molecule has 8 aromatic carbocycles. The number of fused-ring (bicyclic) bond motifs is 2. The van der Waals surface area contributed by atoms with Gasteiger partial charge in [-0.1, -0.05) is 146 Å². The van der Waals surface area contributed by atoms with E-state index in [-0.39, 0.29) is 0 Å². The van der Waals surface area contributed by atoms with Gasteiger partial charge in [0.05, 0.1) is 5.69 Å². The van der Waals surface area contributed by atoms with Crippen LogP contribution >= 0.6 is 0 Å². The van der Waals surface area contributed by atoms with Crippen LogP contribution in [0.5, 0.6) is 11.5 Å². The Kier molecular flexibility index (Phi) is 7.73. The van der Waals surface area contributed by atoms with Crippen molar-refractivity contribution in [2.75, 3.05) is 4.90 Å². The minimum atomic E-state index is 0.588. The molecule has 0 bridgehead atoms. The number of ether oxygens (including phenoxy) is 1. The molecule has 0 atom stereocenters. The van der Waals surface area contributed by atoms with E-state index in [1.54, 1.807) is 0 Å². The molecule has 0 fully saturated rings. The molecule has 0 saturated heterocycles. The summed E-state index contributed by atoms with van der Waals surface area (Å²) in [4.78, 5) is 17.1. The molecule has 254 valence electrons. The summed E-state index contributed by atoms with van der Waals surface area (Å²) in [5, 5.41) is 2.18. The molecule has 1 aliphatic rings. The lowest BCUT2D eigenvalue weighted by Crippen LogP contribution is -2.11. The van der Waals surface area contributed by atoms with E-state index in [1.807, 2.05) is 66.7 Å². The van der Waals surface area contributed by atoms with Gasteiger partial charge in [-0.25, -0.2) is 15.0 Å². The normalized spacial score (nSPS) is 11.5. The van der Waals surface area contributed by atoms with Crippen LogP contribution < -0.4 is 9.64 Å². The second kappa shape index (κ2) is 13.3. The molecular weight excluding hydrogens is 661 g/mol. The fourth-order valence-electron chi connectivity index (χ4n) is 7.33. The largest absolute Gasteiger partial charge is 0.456 e. The molecule has 54 heavy (non-hydrogen) atoms. The molecule has 0 radical (unpaired) electrons. The van der Waals surface area contributed by atoms with Crippen molar-refractivity contribution in [3.8, 4) is 67.9 Å². The first kappa shape index (κ1) is 31.4. The lowest BCUT2D eigenvalue weighted by atomic mass is 9.92. The van der Waals surface area contributed by atoms with E-state index in [0.717, 1.165) is 67.2 Å². The Morgan fingerprint density at radius 2 is 0.870 bits per heavy atom. The second-order valence-electron chi connectivity index (χ2n) is 13.2. The fraction of sp³-hybridized carbons (Fsp3) is 0. The molecule has 1 aromatic heterocycles. The van der Waals surface area contributed by atoms with Gasteiger partial charge < -0.3 is 9.64 Å². The third kappa shape index (κ3) is 5.65. The maximum atomic E-state index is 6.76. The summed E-state index contributed by atoms with van der Waals surface area (Å²) in [6.07, 6.45) is 0. The summed E-state index contributed by atoms with van der Waals surface area (Å²) in [6.45, 7) is 0. The molecule has 10 rings (SSSR count). The van der Waals surface area contributed by atoms with Crippen LogP contribution in [0.2, 0.25) is 0 Å². The number of aromatic nitrogens is 3. The van der Waals surface area contributed by atoms with E-state index in [9.17, 15) is 0 Å². The van der Waals surface area contributed by atoms with E-state index in [0.29, 0.717) is 17.5 Å². The van der Waals surface area contributed by atoms with Gasteiger partial charge in [0, 0.05) is 44.4 Å². The lowest BCUT2D eigenvalue weighted by molar-refractivity contribution is 0.487. The van der Waals surface area contributed by atoms with Gasteiger partial charge in [0.25, 0.3) is 0 Å². The second-order valence-corrected chi connectivity index (χ2v) is 13.2. The summed E-state index contributed by atoms with van der Waals surface area (Å²) in [5.41, 5.74) is 10.5. The van der Waals surface area contributed by atoms with Crippen LogP contribution in [0.1, 0.15) is 0 Å². The smallest absolute Gasteiger partial charge is 0.164 e. The van der Waals surface area contributed by atoms with E-state index >= 15 is 0 Å². The van der Waals surface area contributed by atoms with Crippen molar-refractivity contribution in [3.05, 3.63) is 194 Å². The minimum absolute atomic E-state index is 0.588. The van der Waals surface area contributed by atoms with Crippen molar-refractivity contribution in [2.45, 2.75) is 0 Å². The number of nitrogens with zero attached hydrogens (tertiary/aromatic N) is 4. The monoisotopic (exact) mass is 692 g/mol. The highest BCUT2D eigenvalue weighted by Crippen LogP contribution is 2.51. The predicted molar refractivity (Wildman–Crippen MR) is 219 cm³/mol.